The molecule has 0 N–H and O–H groups in total. The summed E-state index contributed by atoms with van der Waals surface area (Å²) in [5, 5.41) is 11.3. The van der Waals surface area contributed by atoms with Gasteiger partial charge in [-0.25, -0.2) is 9.69 Å². The number of ether oxygens (including phenoxy) is 1. The van der Waals surface area contributed by atoms with Gasteiger partial charge in [0.25, 0.3) is 5.69 Å². The molecule has 1 aromatic carbocycles. The number of hydrogen-bond donors (Lipinski definition) is 0. The first-order valence-electron chi connectivity index (χ1n) is 7.99. The lowest BCUT2D eigenvalue weighted by Gasteiger charge is -2.30. The van der Waals surface area contributed by atoms with E-state index in [0.717, 1.165) is 4.90 Å². The first-order chi connectivity index (χ1) is 11.2. The maximum Gasteiger partial charge on any atom is 0.417 e. The van der Waals surface area contributed by atoms with Crippen molar-refractivity contribution in [3.8, 4) is 0 Å². The largest absolute Gasteiger partial charge is 0.443 e. The highest BCUT2D eigenvalue weighted by atomic mass is 16.6. The predicted octanol–water partition coefficient (Wildman–Crippen LogP) is 3.97. The molecule has 2 amide bonds. The smallest absolute Gasteiger partial charge is 0.417 e. The van der Waals surface area contributed by atoms with Crippen LogP contribution in [0.25, 0.3) is 0 Å². The molecular weight excluding hydrogens is 312 g/mol. The molecule has 0 aromatic heterocycles. The zero-order chi connectivity index (χ0) is 17.9. The Balaban J connectivity index is 2.45. The lowest BCUT2D eigenvalue weighted by Crippen LogP contribution is -2.42. The van der Waals surface area contributed by atoms with E-state index in [0.29, 0.717) is 24.8 Å². The number of nitrogens with zero attached hydrogens (tertiary/aromatic N) is 2. The van der Waals surface area contributed by atoms with E-state index in [2.05, 4.69) is 0 Å². The van der Waals surface area contributed by atoms with Crippen molar-refractivity contribution in [1.29, 1.82) is 0 Å². The fourth-order valence-electron chi connectivity index (χ4n) is 2.81. The molecule has 1 aliphatic heterocycles. The number of para-hydroxylation sites is 1. The molecule has 0 radical (unpaired) electrons. The minimum absolute atomic E-state index is 0.0919. The van der Waals surface area contributed by atoms with Crippen LogP contribution in [-0.4, -0.2) is 27.4 Å². The molecule has 1 aromatic rings. The van der Waals surface area contributed by atoms with Gasteiger partial charge in [-0.05, 0) is 33.6 Å². The fraction of sp³-hybridized carbons (Fsp3) is 0.529. The second kappa shape index (κ2) is 6.98. The van der Waals surface area contributed by atoms with Crippen LogP contribution in [0.4, 0.5) is 10.5 Å². The number of nitro benzene ring substituents is 1. The SMILES string of the molecule is CC(C)(C)OC(=O)N1C(=O)CCCCC1c1ccccc1[N+](=O)[O-]. The van der Waals surface area contributed by atoms with Crippen molar-refractivity contribution in [3.63, 3.8) is 0 Å². The standard InChI is InChI=1S/C17H22N2O5/c1-17(2,3)24-16(21)18-13(9-6-7-11-15(18)20)12-8-4-5-10-14(12)19(22)23/h4-5,8,10,13H,6-7,9,11H2,1-3H3. The average Bonchev–Trinajstić information content (AvgIpc) is 2.67. The lowest BCUT2D eigenvalue weighted by atomic mass is 9.99. The maximum absolute atomic E-state index is 12.6. The summed E-state index contributed by atoms with van der Waals surface area (Å²) in [7, 11) is 0. The van der Waals surface area contributed by atoms with E-state index in [9.17, 15) is 19.7 Å². The van der Waals surface area contributed by atoms with Crippen LogP contribution in [0.3, 0.4) is 0 Å². The minimum Gasteiger partial charge on any atom is -0.443 e. The Morgan fingerprint density at radius 1 is 1.29 bits per heavy atom. The Hall–Kier alpha value is -2.44. The van der Waals surface area contributed by atoms with Crippen LogP contribution in [0.1, 0.15) is 58.1 Å². The Labute approximate surface area is 140 Å². The van der Waals surface area contributed by atoms with Crippen LogP contribution in [-0.2, 0) is 9.53 Å². The van der Waals surface area contributed by atoms with E-state index < -0.39 is 22.7 Å². The molecule has 1 fully saturated rings. The van der Waals surface area contributed by atoms with Gasteiger partial charge in [-0.15, -0.1) is 0 Å². The molecular formula is C17H22N2O5. The summed E-state index contributed by atoms with van der Waals surface area (Å²) in [4.78, 5) is 36.9. The fourth-order valence-corrected chi connectivity index (χ4v) is 2.81. The van der Waals surface area contributed by atoms with E-state index in [1.807, 2.05) is 0 Å². The van der Waals surface area contributed by atoms with Crippen molar-refractivity contribution in [3.05, 3.63) is 39.9 Å². The van der Waals surface area contributed by atoms with Gasteiger partial charge in [0.05, 0.1) is 16.5 Å². The maximum atomic E-state index is 12.6. The summed E-state index contributed by atoms with van der Waals surface area (Å²) in [6, 6.07) is 5.54. The molecule has 1 aliphatic rings. The highest BCUT2D eigenvalue weighted by Gasteiger charge is 2.38. The summed E-state index contributed by atoms with van der Waals surface area (Å²) >= 11 is 0. The average molecular weight is 334 g/mol. The van der Waals surface area contributed by atoms with Crippen molar-refractivity contribution in [1.82, 2.24) is 4.90 Å². The van der Waals surface area contributed by atoms with Gasteiger partial charge in [-0.3, -0.25) is 14.9 Å². The number of carbonyl (C=O) groups is 2. The molecule has 1 atom stereocenters. The van der Waals surface area contributed by atoms with Crippen molar-refractivity contribution < 1.29 is 19.2 Å². The van der Waals surface area contributed by atoms with Crippen molar-refractivity contribution in [2.75, 3.05) is 0 Å². The van der Waals surface area contributed by atoms with Gasteiger partial charge >= 0.3 is 6.09 Å². The van der Waals surface area contributed by atoms with Crippen LogP contribution in [0.15, 0.2) is 24.3 Å². The number of carbonyl (C=O) groups excluding carboxylic acids is 2. The predicted molar refractivity (Wildman–Crippen MR) is 87.4 cm³/mol. The van der Waals surface area contributed by atoms with Crippen LogP contribution >= 0.6 is 0 Å². The number of benzene rings is 1. The van der Waals surface area contributed by atoms with Gasteiger partial charge in [0.2, 0.25) is 5.91 Å². The highest BCUT2D eigenvalue weighted by Crippen LogP contribution is 2.36. The van der Waals surface area contributed by atoms with Crippen molar-refractivity contribution >= 4 is 17.7 Å². The lowest BCUT2D eigenvalue weighted by molar-refractivity contribution is -0.385. The van der Waals surface area contributed by atoms with E-state index in [4.69, 9.17) is 4.74 Å². The quantitative estimate of drug-likeness (QED) is 0.603. The molecule has 7 nitrogen and oxygen atoms in total. The third-order valence-corrected chi connectivity index (χ3v) is 3.78. The molecule has 0 bridgehead atoms. The molecule has 2 rings (SSSR count). The van der Waals surface area contributed by atoms with Crippen LogP contribution < -0.4 is 0 Å². The number of nitro groups is 1. The van der Waals surface area contributed by atoms with Crippen molar-refractivity contribution in [2.24, 2.45) is 0 Å². The second-order valence-corrected chi connectivity index (χ2v) is 6.82. The topological polar surface area (TPSA) is 89.8 Å². The molecule has 1 saturated heterocycles. The van der Waals surface area contributed by atoms with Gasteiger partial charge in [0.1, 0.15) is 5.60 Å². The summed E-state index contributed by atoms with van der Waals surface area (Å²) in [5.74, 6) is -0.357. The van der Waals surface area contributed by atoms with Gasteiger partial charge in [-0.2, -0.15) is 0 Å². The van der Waals surface area contributed by atoms with E-state index in [-0.39, 0.29) is 18.0 Å². The van der Waals surface area contributed by atoms with Gasteiger partial charge in [-0.1, -0.05) is 24.6 Å². The second-order valence-electron chi connectivity index (χ2n) is 6.82. The van der Waals surface area contributed by atoms with Crippen LogP contribution in [0.5, 0.6) is 0 Å². The zero-order valence-electron chi connectivity index (χ0n) is 14.2. The number of imide groups is 1. The Morgan fingerprint density at radius 3 is 2.58 bits per heavy atom. The molecule has 7 heteroatoms. The Kier molecular flexibility index (Phi) is 5.21. The zero-order valence-corrected chi connectivity index (χ0v) is 14.2. The third kappa shape index (κ3) is 4.10. The van der Waals surface area contributed by atoms with Crippen LogP contribution in [0, 0.1) is 10.1 Å². The number of amides is 2. The molecule has 1 unspecified atom stereocenters. The van der Waals surface area contributed by atoms with Gasteiger partial charge < -0.3 is 4.74 Å². The van der Waals surface area contributed by atoms with Crippen molar-refractivity contribution in [2.45, 2.75) is 58.1 Å². The number of rotatable bonds is 2. The van der Waals surface area contributed by atoms with Crippen LogP contribution in [0.2, 0.25) is 0 Å². The van der Waals surface area contributed by atoms with E-state index >= 15 is 0 Å². The van der Waals surface area contributed by atoms with Gasteiger partial charge in [0.15, 0.2) is 0 Å². The monoisotopic (exact) mass is 334 g/mol. The Bertz CT molecular complexity index is 651. The first kappa shape index (κ1) is 17.9. The van der Waals surface area contributed by atoms with E-state index in [1.54, 1.807) is 39.0 Å². The summed E-state index contributed by atoms with van der Waals surface area (Å²) < 4.78 is 5.35. The number of likely N-dealkylation sites (tertiary alicyclic amines) is 1. The molecule has 0 aliphatic carbocycles. The highest BCUT2D eigenvalue weighted by molar-refractivity contribution is 5.93. The molecule has 1 heterocycles. The van der Waals surface area contributed by atoms with Gasteiger partial charge in [0, 0.05) is 12.5 Å². The summed E-state index contributed by atoms with van der Waals surface area (Å²) in [6.07, 6.45) is 1.32. The Morgan fingerprint density at radius 2 is 1.96 bits per heavy atom. The summed E-state index contributed by atoms with van der Waals surface area (Å²) in [6.45, 7) is 5.15. The first-order valence-corrected chi connectivity index (χ1v) is 7.99. The normalized spacial score (nSPS) is 18.9. The molecule has 130 valence electrons. The molecule has 0 saturated carbocycles. The summed E-state index contributed by atoms with van der Waals surface area (Å²) in [5.41, 5.74) is -0.481. The molecule has 24 heavy (non-hydrogen) atoms. The third-order valence-electron chi connectivity index (χ3n) is 3.78. The van der Waals surface area contributed by atoms with E-state index in [1.165, 1.54) is 6.07 Å². The molecule has 0 spiro atoms. The number of hydrogen-bond acceptors (Lipinski definition) is 5. The minimum atomic E-state index is -0.753.